The average Bonchev–Trinajstić information content (AvgIpc) is 2.53. The van der Waals surface area contributed by atoms with Crippen molar-refractivity contribution in [2.24, 2.45) is 5.73 Å². The lowest BCUT2D eigenvalue weighted by Crippen LogP contribution is -2.20. The maximum Gasteiger partial charge on any atom is 0.255 e. The van der Waals surface area contributed by atoms with Crippen LogP contribution in [0.4, 0.5) is 11.8 Å². The van der Waals surface area contributed by atoms with Crippen molar-refractivity contribution in [3.63, 3.8) is 0 Å². The van der Waals surface area contributed by atoms with E-state index in [2.05, 4.69) is 9.97 Å². The van der Waals surface area contributed by atoms with E-state index < -0.39 is 5.91 Å². The van der Waals surface area contributed by atoms with Gasteiger partial charge >= 0.3 is 0 Å². The maximum absolute atomic E-state index is 10.9. The zero-order valence-electron chi connectivity index (χ0n) is 13.2. The van der Waals surface area contributed by atoms with Gasteiger partial charge in [-0.15, -0.1) is 0 Å². The Morgan fingerprint density at radius 1 is 1.32 bits per heavy atom. The number of rotatable bonds is 6. The molecule has 1 aromatic carbocycles. The topological polar surface area (TPSA) is 163 Å². The summed E-state index contributed by atoms with van der Waals surface area (Å²) < 4.78 is 10.8. The van der Waals surface area contributed by atoms with Crippen LogP contribution in [-0.2, 0) is 4.79 Å². The largest absolute Gasteiger partial charge is 0.490 e. The number of hydrogen-bond donors (Lipinski definition) is 3. The minimum atomic E-state index is -0.661. The average molecular weight is 363 g/mol. The van der Waals surface area contributed by atoms with Gasteiger partial charge in [0.1, 0.15) is 17.5 Å². The summed E-state index contributed by atoms with van der Waals surface area (Å²) in [5.41, 5.74) is 17.1. The molecule has 6 N–H and O–H groups in total. The molecule has 0 atom stereocenters. The Hall–Kier alpha value is -3.25. The van der Waals surface area contributed by atoms with Crippen molar-refractivity contribution in [1.82, 2.24) is 9.97 Å². The van der Waals surface area contributed by atoms with Gasteiger partial charge in [-0.05, 0) is 19.1 Å². The Kier molecular flexibility index (Phi) is 5.46. The SMILES string of the molecule is CCOc1cc(-c2nc(N)nc(N)c2C#N)cc(Cl)c1OCC(N)=O. The summed E-state index contributed by atoms with van der Waals surface area (Å²) in [7, 11) is 0. The fraction of sp³-hybridized carbons (Fsp3) is 0.200. The van der Waals surface area contributed by atoms with Crippen molar-refractivity contribution in [3.8, 4) is 28.8 Å². The van der Waals surface area contributed by atoms with E-state index in [0.717, 1.165) is 0 Å². The summed E-state index contributed by atoms with van der Waals surface area (Å²) in [4.78, 5) is 18.7. The molecule has 0 aliphatic carbocycles. The Labute approximate surface area is 148 Å². The number of carbonyl (C=O) groups excluding carboxylic acids is 1. The lowest BCUT2D eigenvalue weighted by atomic mass is 10.1. The summed E-state index contributed by atoms with van der Waals surface area (Å²) >= 11 is 6.23. The fourth-order valence-electron chi connectivity index (χ4n) is 2.07. The third-order valence-electron chi connectivity index (χ3n) is 3.01. The van der Waals surface area contributed by atoms with E-state index >= 15 is 0 Å². The van der Waals surface area contributed by atoms with Crippen LogP contribution in [0, 0.1) is 11.3 Å². The van der Waals surface area contributed by atoms with Crippen LogP contribution in [0.25, 0.3) is 11.3 Å². The molecule has 1 amide bonds. The third-order valence-corrected chi connectivity index (χ3v) is 3.29. The van der Waals surface area contributed by atoms with E-state index in [4.69, 9.17) is 38.3 Å². The van der Waals surface area contributed by atoms with Gasteiger partial charge in [0.25, 0.3) is 5.91 Å². The van der Waals surface area contributed by atoms with E-state index in [1.54, 1.807) is 13.0 Å². The molecule has 0 saturated carbocycles. The molecule has 0 aliphatic heterocycles. The molecule has 10 heteroatoms. The summed E-state index contributed by atoms with van der Waals surface area (Å²) in [6.07, 6.45) is 0. The Morgan fingerprint density at radius 2 is 2.04 bits per heavy atom. The van der Waals surface area contributed by atoms with Gasteiger partial charge < -0.3 is 26.7 Å². The maximum atomic E-state index is 10.9. The van der Waals surface area contributed by atoms with Gasteiger partial charge in [-0.3, -0.25) is 4.79 Å². The monoisotopic (exact) mass is 362 g/mol. The van der Waals surface area contributed by atoms with E-state index in [1.165, 1.54) is 6.07 Å². The summed E-state index contributed by atoms with van der Waals surface area (Å²) in [5, 5.41) is 9.44. The second kappa shape index (κ2) is 7.55. The molecular formula is C15H15ClN6O3. The Bertz CT molecular complexity index is 865. The second-order valence-electron chi connectivity index (χ2n) is 4.78. The lowest BCUT2D eigenvalue weighted by molar-refractivity contribution is -0.119. The van der Waals surface area contributed by atoms with Crippen LogP contribution in [0.2, 0.25) is 5.02 Å². The molecule has 0 bridgehead atoms. The molecular weight excluding hydrogens is 348 g/mol. The number of aromatic nitrogens is 2. The standard InChI is InChI=1S/C15H15ClN6O3/c1-2-24-10-4-7(3-9(16)13(10)25-6-11(18)23)12-8(5-17)14(19)22-15(20)21-12/h3-4H,2,6H2,1H3,(H2,18,23)(H4,19,20,21,22). The third kappa shape index (κ3) is 3.99. The zero-order chi connectivity index (χ0) is 18.6. The fourth-order valence-corrected chi connectivity index (χ4v) is 2.33. The number of nitriles is 1. The molecule has 0 radical (unpaired) electrons. The normalized spacial score (nSPS) is 10.1. The first kappa shape index (κ1) is 18.1. The second-order valence-corrected chi connectivity index (χ2v) is 5.18. The number of ether oxygens (including phenoxy) is 2. The van der Waals surface area contributed by atoms with Gasteiger partial charge in [-0.25, -0.2) is 4.98 Å². The number of nitrogen functional groups attached to an aromatic ring is 2. The minimum absolute atomic E-state index is 0.0480. The van der Waals surface area contributed by atoms with Gasteiger partial charge in [0, 0.05) is 5.56 Å². The lowest BCUT2D eigenvalue weighted by Gasteiger charge is -2.15. The number of halogens is 1. The first-order chi connectivity index (χ1) is 11.9. The zero-order valence-corrected chi connectivity index (χ0v) is 14.0. The first-order valence-electron chi connectivity index (χ1n) is 7.08. The molecule has 9 nitrogen and oxygen atoms in total. The predicted molar refractivity (Wildman–Crippen MR) is 91.9 cm³/mol. The highest BCUT2D eigenvalue weighted by Gasteiger charge is 2.19. The van der Waals surface area contributed by atoms with Crippen LogP contribution in [0.15, 0.2) is 12.1 Å². The summed E-state index contributed by atoms with van der Waals surface area (Å²) in [6.45, 7) is 1.71. The molecule has 0 saturated heterocycles. The van der Waals surface area contributed by atoms with Gasteiger partial charge in [0.2, 0.25) is 5.95 Å². The van der Waals surface area contributed by atoms with Crippen molar-refractivity contribution >= 4 is 29.3 Å². The highest BCUT2D eigenvalue weighted by atomic mass is 35.5. The van der Waals surface area contributed by atoms with Crippen LogP contribution < -0.4 is 26.7 Å². The van der Waals surface area contributed by atoms with Crippen LogP contribution in [0.1, 0.15) is 12.5 Å². The van der Waals surface area contributed by atoms with Crippen LogP contribution in [0.5, 0.6) is 11.5 Å². The van der Waals surface area contributed by atoms with Crippen LogP contribution >= 0.6 is 11.6 Å². The number of primary amides is 1. The van der Waals surface area contributed by atoms with Crippen molar-refractivity contribution in [2.45, 2.75) is 6.92 Å². The van der Waals surface area contributed by atoms with E-state index in [9.17, 15) is 10.1 Å². The van der Waals surface area contributed by atoms with E-state index in [0.29, 0.717) is 12.2 Å². The molecule has 1 heterocycles. The number of hydrogen-bond acceptors (Lipinski definition) is 8. The van der Waals surface area contributed by atoms with Crippen LogP contribution in [0.3, 0.4) is 0 Å². The number of amides is 1. The first-order valence-corrected chi connectivity index (χ1v) is 7.46. The number of carbonyl (C=O) groups is 1. The van der Waals surface area contributed by atoms with Gasteiger partial charge in [-0.1, -0.05) is 11.6 Å². The van der Waals surface area contributed by atoms with E-state index in [-0.39, 0.29) is 46.2 Å². The van der Waals surface area contributed by atoms with E-state index in [1.807, 2.05) is 6.07 Å². The number of nitrogens with zero attached hydrogens (tertiary/aromatic N) is 3. The predicted octanol–water partition coefficient (Wildman–Crippen LogP) is 1.10. The number of nitrogens with two attached hydrogens (primary N) is 3. The summed E-state index contributed by atoms with van der Waals surface area (Å²) in [5.74, 6) is -0.390. The van der Waals surface area contributed by atoms with Crippen LogP contribution in [-0.4, -0.2) is 29.1 Å². The van der Waals surface area contributed by atoms with Crippen molar-refractivity contribution in [3.05, 3.63) is 22.7 Å². The molecule has 130 valence electrons. The van der Waals surface area contributed by atoms with Crippen molar-refractivity contribution < 1.29 is 14.3 Å². The number of anilines is 2. The Morgan fingerprint density at radius 3 is 2.64 bits per heavy atom. The minimum Gasteiger partial charge on any atom is -0.490 e. The molecule has 25 heavy (non-hydrogen) atoms. The smallest absolute Gasteiger partial charge is 0.255 e. The molecule has 2 rings (SSSR count). The molecule has 0 aliphatic rings. The van der Waals surface area contributed by atoms with Crippen molar-refractivity contribution in [1.29, 1.82) is 5.26 Å². The Balaban J connectivity index is 2.61. The molecule has 0 spiro atoms. The molecule has 2 aromatic rings. The van der Waals surface area contributed by atoms with Crippen molar-refractivity contribution in [2.75, 3.05) is 24.7 Å². The molecule has 1 aromatic heterocycles. The van der Waals surface area contributed by atoms with Gasteiger partial charge in [0.05, 0.1) is 17.3 Å². The van der Waals surface area contributed by atoms with Gasteiger partial charge in [0.15, 0.2) is 18.1 Å². The molecule has 0 unspecified atom stereocenters. The highest BCUT2D eigenvalue weighted by molar-refractivity contribution is 6.32. The van der Waals surface area contributed by atoms with Gasteiger partial charge in [-0.2, -0.15) is 10.2 Å². The summed E-state index contributed by atoms with van der Waals surface area (Å²) in [6, 6.07) is 4.97. The highest BCUT2D eigenvalue weighted by Crippen LogP contribution is 2.40. The quantitative estimate of drug-likeness (QED) is 0.687. The molecule has 0 fully saturated rings. The number of benzene rings is 1.